The van der Waals surface area contributed by atoms with Crippen molar-refractivity contribution in [3.8, 4) is 6.07 Å². The van der Waals surface area contributed by atoms with Gasteiger partial charge in [0, 0.05) is 24.9 Å². The molecule has 0 saturated carbocycles. The topological polar surface area (TPSA) is 44.1 Å². The maximum atomic E-state index is 11.5. The molecule has 1 aliphatic rings. The highest BCUT2D eigenvalue weighted by molar-refractivity contribution is 5.78. The van der Waals surface area contributed by atoms with Crippen LogP contribution in [0, 0.1) is 23.2 Å². The van der Waals surface area contributed by atoms with E-state index >= 15 is 0 Å². The van der Waals surface area contributed by atoms with Crippen LogP contribution < -0.4 is 0 Å². The third-order valence-electron chi connectivity index (χ3n) is 2.48. The molecular weight excluding hydrogens is 164 g/mol. The van der Waals surface area contributed by atoms with Crippen molar-refractivity contribution >= 4 is 5.91 Å². The SMILES string of the molecule is CC(C)C(=O)N1CCC(C#N)CC1. The fourth-order valence-electron chi connectivity index (χ4n) is 1.59. The number of likely N-dealkylation sites (tertiary alicyclic amines) is 1. The molecule has 0 unspecified atom stereocenters. The van der Waals surface area contributed by atoms with E-state index in [0.29, 0.717) is 0 Å². The van der Waals surface area contributed by atoms with Gasteiger partial charge in [0.1, 0.15) is 0 Å². The number of amides is 1. The van der Waals surface area contributed by atoms with E-state index in [4.69, 9.17) is 5.26 Å². The summed E-state index contributed by atoms with van der Waals surface area (Å²) < 4.78 is 0. The minimum absolute atomic E-state index is 0.0821. The molecule has 1 aliphatic heterocycles. The standard InChI is InChI=1S/C10H16N2O/c1-8(2)10(13)12-5-3-9(7-11)4-6-12/h8-9H,3-6H2,1-2H3. The summed E-state index contributed by atoms with van der Waals surface area (Å²) in [5, 5.41) is 8.67. The number of hydrogen-bond acceptors (Lipinski definition) is 2. The van der Waals surface area contributed by atoms with Crippen LogP contribution in [0.25, 0.3) is 0 Å². The molecule has 3 heteroatoms. The van der Waals surface area contributed by atoms with Gasteiger partial charge < -0.3 is 4.90 Å². The average Bonchev–Trinajstić information content (AvgIpc) is 2.17. The average molecular weight is 180 g/mol. The zero-order valence-corrected chi connectivity index (χ0v) is 8.29. The summed E-state index contributed by atoms with van der Waals surface area (Å²) in [6.45, 7) is 5.35. The van der Waals surface area contributed by atoms with Crippen molar-refractivity contribution in [3.63, 3.8) is 0 Å². The molecule has 0 spiro atoms. The lowest BCUT2D eigenvalue weighted by Gasteiger charge is -2.30. The van der Waals surface area contributed by atoms with Gasteiger partial charge in [0.2, 0.25) is 5.91 Å². The van der Waals surface area contributed by atoms with Crippen LogP contribution in [0.1, 0.15) is 26.7 Å². The van der Waals surface area contributed by atoms with Gasteiger partial charge >= 0.3 is 0 Å². The molecule has 1 fully saturated rings. The van der Waals surface area contributed by atoms with Gasteiger partial charge in [-0.1, -0.05) is 13.8 Å². The van der Waals surface area contributed by atoms with Crippen LogP contribution in [-0.2, 0) is 4.79 Å². The third-order valence-corrected chi connectivity index (χ3v) is 2.48. The van der Waals surface area contributed by atoms with E-state index in [0.717, 1.165) is 25.9 Å². The van der Waals surface area contributed by atoms with E-state index in [9.17, 15) is 4.79 Å². The fourth-order valence-corrected chi connectivity index (χ4v) is 1.59. The molecule has 0 aromatic rings. The Morgan fingerprint density at radius 2 is 2.00 bits per heavy atom. The highest BCUT2D eigenvalue weighted by atomic mass is 16.2. The molecular formula is C10H16N2O. The van der Waals surface area contributed by atoms with Crippen LogP contribution in [0.5, 0.6) is 0 Å². The normalized spacial score (nSPS) is 18.8. The van der Waals surface area contributed by atoms with Crippen LogP contribution in [0.15, 0.2) is 0 Å². The summed E-state index contributed by atoms with van der Waals surface area (Å²) in [7, 11) is 0. The van der Waals surface area contributed by atoms with Crippen LogP contribution in [0.4, 0.5) is 0 Å². The Morgan fingerprint density at radius 1 is 1.46 bits per heavy atom. The maximum Gasteiger partial charge on any atom is 0.225 e. The molecule has 0 radical (unpaired) electrons. The van der Waals surface area contributed by atoms with Crippen LogP contribution in [0.3, 0.4) is 0 Å². The molecule has 72 valence electrons. The lowest BCUT2D eigenvalue weighted by Crippen LogP contribution is -2.40. The molecule has 3 nitrogen and oxygen atoms in total. The van der Waals surface area contributed by atoms with E-state index in [2.05, 4.69) is 6.07 Å². The smallest absolute Gasteiger partial charge is 0.225 e. The highest BCUT2D eigenvalue weighted by Crippen LogP contribution is 2.17. The maximum absolute atomic E-state index is 11.5. The first-order valence-corrected chi connectivity index (χ1v) is 4.83. The quantitative estimate of drug-likeness (QED) is 0.612. The summed E-state index contributed by atoms with van der Waals surface area (Å²) in [6.07, 6.45) is 1.68. The highest BCUT2D eigenvalue weighted by Gasteiger charge is 2.23. The van der Waals surface area contributed by atoms with Gasteiger partial charge in [-0.25, -0.2) is 0 Å². The number of piperidine rings is 1. The molecule has 0 atom stereocenters. The fraction of sp³-hybridized carbons (Fsp3) is 0.800. The van der Waals surface area contributed by atoms with Crippen molar-refractivity contribution < 1.29 is 4.79 Å². The monoisotopic (exact) mass is 180 g/mol. The zero-order chi connectivity index (χ0) is 9.84. The van der Waals surface area contributed by atoms with Crippen molar-refractivity contribution in [2.75, 3.05) is 13.1 Å². The van der Waals surface area contributed by atoms with E-state index in [-0.39, 0.29) is 17.7 Å². The molecule has 1 amide bonds. The number of rotatable bonds is 1. The van der Waals surface area contributed by atoms with E-state index in [1.807, 2.05) is 18.7 Å². The molecule has 0 N–H and O–H groups in total. The van der Waals surface area contributed by atoms with Crippen LogP contribution in [0.2, 0.25) is 0 Å². The molecule has 0 aromatic heterocycles. The predicted octanol–water partition coefficient (Wildman–Crippen LogP) is 1.40. The summed E-state index contributed by atoms with van der Waals surface area (Å²) >= 11 is 0. The van der Waals surface area contributed by atoms with E-state index in [1.165, 1.54) is 0 Å². The van der Waals surface area contributed by atoms with Crippen molar-refractivity contribution in [3.05, 3.63) is 0 Å². The summed E-state index contributed by atoms with van der Waals surface area (Å²) in [5.41, 5.74) is 0. The molecule has 1 heterocycles. The second-order valence-electron chi connectivity index (χ2n) is 3.88. The zero-order valence-electron chi connectivity index (χ0n) is 8.29. The van der Waals surface area contributed by atoms with Gasteiger partial charge in [0.05, 0.1) is 6.07 Å². The number of carbonyl (C=O) groups is 1. The number of carbonyl (C=O) groups excluding carboxylic acids is 1. The summed E-state index contributed by atoms with van der Waals surface area (Å²) in [5.74, 6) is 0.464. The Bertz CT molecular complexity index is 222. The summed E-state index contributed by atoms with van der Waals surface area (Å²) in [4.78, 5) is 13.4. The van der Waals surface area contributed by atoms with Gasteiger partial charge in [-0.05, 0) is 12.8 Å². The van der Waals surface area contributed by atoms with Gasteiger partial charge in [-0.3, -0.25) is 4.79 Å². The molecule has 1 saturated heterocycles. The van der Waals surface area contributed by atoms with Crippen molar-refractivity contribution in [2.45, 2.75) is 26.7 Å². The lowest BCUT2D eigenvalue weighted by atomic mass is 9.98. The Hall–Kier alpha value is -1.04. The second-order valence-corrected chi connectivity index (χ2v) is 3.88. The van der Waals surface area contributed by atoms with Crippen molar-refractivity contribution in [1.29, 1.82) is 5.26 Å². The largest absolute Gasteiger partial charge is 0.342 e. The number of nitriles is 1. The third kappa shape index (κ3) is 2.45. The van der Waals surface area contributed by atoms with Crippen molar-refractivity contribution in [1.82, 2.24) is 4.90 Å². The Labute approximate surface area is 79.3 Å². The molecule has 1 rings (SSSR count). The van der Waals surface area contributed by atoms with E-state index < -0.39 is 0 Å². The molecule has 0 aliphatic carbocycles. The van der Waals surface area contributed by atoms with Gasteiger partial charge in [0.15, 0.2) is 0 Å². The predicted molar refractivity (Wildman–Crippen MR) is 49.8 cm³/mol. The number of hydrogen-bond donors (Lipinski definition) is 0. The first-order valence-electron chi connectivity index (χ1n) is 4.83. The van der Waals surface area contributed by atoms with Gasteiger partial charge in [-0.2, -0.15) is 5.26 Å². The van der Waals surface area contributed by atoms with E-state index in [1.54, 1.807) is 0 Å². The Balaban J connectivity index is 2.42. The minimum Gasteiger partial charge on any atom is -0.342 e. The number of nitrogens with zero attached hydrogens (tertiary/aromatic N) is 2. The van der Waals surface area contributed by atoms with Crippen LogP contribution >= 0.6 is 0 Å². The van der Waals surface area contributed by atoms with Gasteiger partial charge in [-0.15, -0.1) is 0 Å². The first-order chi connectivity index (χ1) is 6.15. The molecule has 0 aromatic carbocycles. The minimum atomic E-state index is 0.0821. The Morgan fingerprint density at radius 3 is 2.38 bits per heavy atom. The molecule has 13 heavy (non-hydrogen) atoms. The first kappa shape index (κ1) is 10.0. The lowest BCUT2D eigenvalue weighted by molar-refractivity contribution is -0.135. The van der Waals surface area contributed by atoms with Gasteiger partial charge in [0.25, 0.3) is 0 Å². The van der Waals surface area contributed by atoms with Crippen LogP contribution in [-0.4, -0.2) is 23.9 Å². The Kier molecular flexibility index (Phi) is 3.30. The van der Waals surface area contributed by atoms with Crippen molar-refractivity contribution in [2.24, 2.45) is 11.8 Å². The second kappa shape index (κ2) is 4.27. The molecule has 0 bridgehead atoms. The summed E-state index contributed by atoms with van der Waals surface area (Å²) in [6, 6.07) is 2.25.